The molecule has 1 aliphatic carbocycles. The zero-order chi connectivity index (χ0) is 9.41. The van der Waals surface area contributed by atoms with E-state index in [1.807, 2.05) is 6.92 Å². The maximum absolute atomic E-state index is 10.4. The molecule has 1 nitrogen and oxygen atoms in total. The summed E-state index contributed by atoms with van der Waals surface area (Å²) in [5.41, 5.74) is 0.315. The molecule has 0 aromatic heterocycles. The Hall–Kier alpha value is -0.300. The normalized spacial score (nSPS) is 34.7. The molecule has 1 heteroatoms. The first-order valence-electron chi connectivity index (χ1n) is 4.78. The standard InChI is InChI=1S/C11H20O/c1-9(2)11(12)8-6-5-7-10(11,3)4/h12H,1,5-8H2,2-4H3. The van der Waals surface area contributed by atoms with E-state index in [1.54, 1.807) is 0 Å². The molecule has 1 fully saturated rings. The van der Waals surface area contributed by atoms with Crippen molar-refractivity contribution in [1.82, 2.24) is 0 Å². The summed E-state index contributed by atoms with van der Waals surface area (Å²) < 4.78 is 0. The molecule has 0 bridgehead atoms. The summed E-state index contributed by atoms with van der Waals surface area (Å²) in [6.07, 6.45) is 4.36. The van der Waals surface area contributed by atoms with Crippen LogP contribution in [0.5, 0.6) is 0 Å². The van der Waals surface area contributed by atoms with Crippen molar-refractivity contribution in [2.75, 3.05) is 0 Å². The fourth-order valence-electron chi connectivity index (χ4n) is 2.28. The molecule has 1 rings (SSSR count). The van der Waals surface area contributed by atoms with Crippen LogP contribution >= 0.6 is 0 Å². The largest absolute Gasteiger partial charge is 0.385 e. The quantitative estimate of drug-likeness (QED) is 0.597. The van der Waals surface area contributed by atoms with Gasteiger partial charge in [-0.25, -0.2) is 0 Å². The van der Waals surface area contributed by atoms with E-state index in [1.165, 1.54) is 6.42 Å². The molecule has 0 aromatic rings. The van der Waals surface area contributed by atoms with Crippen LogP contribution in [0.3, 0.4) is 0 Å². The van der Waals surface area contributed by atoms with Gasteiger partial charge in [-0.05, 0) is 30.8 Å². The number of hydrogen-bond donors (Lipinski definition) is 1. The highest BCUT2D eigenvalue weighted by Crippen LogP contribution is 2.47. The molecule has 0 radical (unpaired) electrons. The molecule has 0 spiro atoms. The van der Waals surface area contributed by atoms with Gasteiger partial charge in [0.15, 0.2) is 0 Å². The van der Waals surface area contributed by atoms with Crippen molar-refractivity contribution >= 4 is 0 Å². The van der Waals surface area contributed by atoms with E-state index >= 15 is 0 Å². The highest BCUT2D eigenvalue weighted by molar-refractivity contribution is 5.16. The minimum absolute atomic E-state index is 0.0110. The molecular formula is C11H20O. The van der Waals surface area contributed by atoms with Gasteiger partial charge in [-0.2, -0.15) is 0 Å². The van der Waals surface area contributed by atoms with E-state index in [0.29, 0.717) is 0 Å². The van der Waals surface area contributed by atoms with Crippen LogP contribution in [0.1, 0.15) is 46.5 Å². The Bertz CT molecular complexity index is 193. The van der Waals surface area contributed by atoms with Crippen molar-refractivity contribution in [2.24, 2.45) is 5.41 Å². The second-order valence-electron chi connectivity index (χ2n) is 4.73. The van der Waals surface area contributed by atoms with Gasteiger partial charge in [-0.1, -0.05) is 33.3 Å². The Morgan fingerprint density at radius 3 is 2.08 bits per heavy atom. The van der Waals surface area contributed by atoms with E-state index in [-0.39, 0.29) is 5.41 Å². The zero-order valence-electron chi connectivity index (χ0n) is 8.48. The molecule has 1 saturated carbocycles. The molecule has 0 saturated heterocycles. The average molecular weight is 168 g/mol. The third-order valence-electron chi connectivity index (χ3n) is 3.42. The molecular weight excluding hydrogens is 148 g/mol. The van der Waals surface area contributed by atoms with Gasteiger partial charge in [0.25, 0.3) is 0 Å². The third-order valence-corrected chi connectivity index (χ3v) is 3.42. The summed E-state index contributed by atoms with van der Waals surface area (Å²) in [5, 5.41) is 10.4. The number of hydrogen-bond acceptors (Lipinski definition) is 1. The summed E-state index contributed by atoms with van der Waals surface area (Å²) in [5.74, 6) is 0. The Labute approximate surface area is 75.5 Å². The van der Waals surface area contributed by atoms with Crippen molar-refractivity contribution in [3.8, 4) is 0 Å². The summed E-state index contributed by atoms with van der Waals surface area (Å²) in [7, 11) is 0. The van der Waals surface area contributed by atoms with E-state index in [0.717, 1.165) is 24.8 Å². The summed E-state index contributed by atoms with van der Waals surface area (Å²) >= 11 is 0. The second kappa shape index (κ2) is 2.88. The number of aliphatic hydroxyl groups is 1. The average Bonchev–Trinajstić information content (AvgIpc) is 1.95. The van der Waals surface area contributed by atoms with Crippen LogP contribution in [0.4, 0.5) is 0 Å². The lowest BCUT2D eigenvalue weighted by molar-refractivity contribution is -0.0655. The smallest absolute Gasteiger partial charge is 0.0902 e. The van der Waals surface area contributed by atoms with Crippen molar-refractivity contribution in [3.05, 3.63) is 12.2 Å². The lowest BCUT2D eigenvalue weighted by Gasteiger charge is -2.47. The molecule has 1 unspecified atom stereocenters. The first-order valence-corrected chi connectivity index (χ1v) is 4.78. The predicted molar refractivity (Wildman–Crippen MR) is 52.0 cm³/mol. The Balaban J connectivity index is 2.91. The summed E-state index contributed by atoms with van der Waals surface area (Å²) in [6, 6.07) is 0. The fourth-order valence-corrected chi connectivity index (χ4v) is 2.28. The Kier molecular flexibility index (Phi) is 2.35. The van der Waals surface area contributed by atoms with E-state index < -0.39 is 5.60 Å². The maximum atomic E-state index is 10.4. The van der Waals surface area contributed by atoms with Gasteiger partial charge in [0.1, 0.15) is 0 Å². The SMILES string of the molecule is C=C(C)C1(O)CCCCC1(C)C. The van der Waals surface area contributed by atoms with Crippen molar-refractivity contribution in [3.63, 3.8) is 0 Å². The molecule has 0 amide bonds. The van der Waals surface area contributed by atoms with Crippen molar-refractivity contribution in [1.29, 1.82) is 0 Å². The van der Waals surface area contributed by atoms with Crippen molar-refractivity contribution in [2.45, 2.75) is 52.1 Å². The highest BCUT2D eigenvalue weighted by atomic mass is 16.3. The molecule has 0 aliphatic heterocycles. The maximum Gasteiger partial charge on any atom is 0.0902 e. The van der Waals surface area contributed by atoms with Gasteiger partial charge in [0, 0.05) is 0 Å². The van der Waals surface area contributed by atoms with Crippen molar-refractivity contribution < 1.29 is 5.11 Å². The minimum Gasteiger partial charge on any atom is -0.385 e. The molecule has 1 atom stereocenters. The third kappa shape index (κ3) is 1.31. The van der Waals surface area contributed by atoms with Gasteiger partial charge in [-0.3, -0.25) is 0 Å². The van der Waals surface area contributed by atoms with Gasteiger partial charge in [0.2, 0.25) is 0 Å². The number of rotatable bonds is 1. The van der Waals surface area contributed by atoms with Crippen LogP contribution in [0.25, 0.3) is 0 Å². The monoisotopic (exact) mass is 168 g/mol. The van der Waals surface area contributed by atoms with Gasteiger partial charge in [-0.15, -0.1) is 0 Å². The second-order valence-corrected chi connectivity index (χ2v) is 4.73. The topological polar surface area (TPSA) is 20.2 Å². The van der Waals surface area contributed by atoms with Crippen LogP contribution in [-0.4, -0.2) is 10.7 Å². The Morgan fingerprint density at radius 1 is 1.25 bits per heavy atom. The van der Waals surface area contributed by atoms with E-state index in [4.69, 9.17) is 0 Å². The molecule has 1 aliphatic rings. The lowest BCUT2D eigenvalue weighted by atomic mass is 9.63. The molecule has 70 valence electrons. The van der Waals surface area contributed by atoms with E-state index in [9.17, 15) is 5.11 Å². The Morgan fingerprint density at radius 2 is 1.75 bits per heavy atom. The van der Waals surface area contributed by atoms with Crippen LogP contribution in [0.2, 0.25) is 0 Å². The summed E-state index contributed by atoms with van der Waals surface area (Å²) in [4.78, 5) is 0. The van der Waals surface area contributed by atoms with Gasteiger partial charge >= 0.3 is 0 Å². The van der Waals surface area contributed by atoms with Crippen LogP contribution < -0.4 is 0 Å². The zero-order valence-corrected chi connectivity index (χ0v) is 8.48. The first-order chi connectivity index (χ1) is 5.40. The van der Waals surface area contributed by atoms with Crippen LogP contribution in [-0.2, 0) is 0 Å². The molecule has 12 heavy (non-hydrogen) atoms. The van der Waals surface area contributed by atoms with Crippen LogP contribution in [0, 0.1) is 5.41 Å². The minimum atomic E-state index is -0.620. The molecule has 0 aromatic carbocycles. The fraction of sp³-hybridized carbons (Fsp3) is 0.818. The van der Waals surface area contributed by atoms with Crippen LogP contribution in [0.15, 0.2) is 12.2 Å². The summed E-state index contributed by atoms with van der Waals surface area (Å²) in [6.45, 7) is 10.1. The van der Waals surface area contributed by atoms with Gasteiger partial charge in [0.05, 0.1) is 5.60 Å². The first kappa shape index (κ1) is 9.79. The predicted octanol–water partition coefficient (Wildman–Crippen LogP) is 2.89. The molecule has 0 heterocycles. The van der Waals surface area contributed by atoms with E-state index in [2.05, 4.69) is 20.4 Å². The highest BCUT2D eigenvalue weighted by Gasteiger charge is 2.45. The molecule has 1 N–H and O–H groups in total. The lowest BCUT2D eigenvalue weighted by Crippen LogP contribution is -2.47. The van der Waals surface area contributed by atoms with Gasteiger partial charge < -0.3 is 5.11 Å².